The predicted octanol–water partition coefficient (Wildman–Crippen LogP) is 5.65. The first-order valence-corrected chi connectivity index (χ1v) is 11.6. The van der Waals surface area contributed by atoms with Gasteiger partial charge in [-0.25, -0.2) is 0 Å². The average molecular weight is 599 g/mol. The van der Waals surface area contributed by atoms with E-state index in [1.807, 2.05) is 37.3 Å². The number of methoxy groups -OCH3 is 2. The first kappa shape index (κ1) is 26.5. The zero-order valence-corrected chi connectivity index (χ0v) is 21.9. The number of carbonyl (C=O) groups is 1. The lowest BCUT2D eigenvalue weighted by atomic mass is 10.1. The van der Waals surface area contributed by atoms with Crippen LogP contribution in [0.5, 0.6) is 17.2 Å². The fourth-order valence-electron chi connectivity index (χ4n) is 3.20. The van der Waals surface area contributed by atoms with Crippen LogP contribution in [0.15, 0.2) is 60.2 Å². The van der Waals surface area contributed by atoms with Crippen LogP contribution in [-0.2, 0) is 11.4 Å². The predicted molar refractivity (Wildman–Crippen MR) is 143 cm³/mol. The number of rotatable bonds is 9. The molecule has 10 heteroatoms. The number of anilines is 1. The van der Waals surface area contributed by atoms with Gasteiger partial charge in [-0.1, -0.05) is 29.8 Å². The number of hydrogen-bond acceptors (Lipinski definition) is 7. The molecule has 184 valence electrons. The maximum Gasteiger partial charge on any atom is 0.296 e. The van der Waals surface area contributed by atoms with E-state index in [0.717, 1.165) is 11.1 Å². The zero-order valence-electron chi connectivity index (χ0n) is 19.7. The van der Waals surface area contributed by atoms with Gasteiger partial charge >= 0.3 is 0 Å². The van der Waals surface area contributed by atoms with Crippen molar-refractivity contribution in [3.8, 4) is 23.3 Å². The van der Waals surface area contributed by atoms with Crippen molar-refractivity contribution in [3.05, 3.63) is 90.5 Å². The van der Waals surface area contributed by atoms with Gasteiger partial charge in [-0.3, -0.25) is 14.9 Å². The molecule has 3 rings (SSSR count). The second-order valence-corrected chi connectivity index (χ2v) is 8.73. The van der Waals surface area contributed by atoms with Crippen LogP contribution in [0.4, 0.5) is 11.4 Å². The van der Waals surface area contributed by atoms with Crippen LogP contribution in [0.1, 0.15) is 16.7 Å². The minimum atomic E-state index is -0.792. The quantitative estimate of drug-likeness (QED) is 0.111. The van der Waals surface area contributed by atoms with Crippen molar-refractivity contribution in [2.75, 3.05) is 19.5 Å². The van der Waals surface area contributed by atoms with Crippen molar-refractivity contribution < 1.29 is 23.9 Å². The fourth-order valence-corrected chi connectivity index (χ4v) is 3.98. The molecule has 0 heterocycles. The summed E-state index contributed by atoms with van der Waals surface area (Å²) in [6, 6.07) is 17.2. The summed E-state index contributed by atoms with van der Waals surface area (Å²) in [5.74, 6) is 0.443. The summed E-state index contributed by atoms with van der Waals surface area (Å²) in [6.07, 6.45) is 1.37. The number of hydrogen-bond donors (Lipinski definition) is 1. The molecule has 0 spiro atoms. The highest BCUT2D eigenvalue weighted by Crippen LogP contribution is 2.35. The number of halogens is 1. The van der Waals surface area contributed by atoms with Crippen LogP contribution in [0, 0.1) is 31.9 Å². The number of nitro groups is 1. The summed E-state index contributed by atoms with van der Waals surface area (Å²) >= 11 is 2.09. The van der Waals surface area contributed by atoms with E-state index in [0.29, 0.717) is 27.2 Å². The van der Waals surface area contributed by atoms with Crippen LogP contribution in [-0.4, -0.2) is 25.1 Å². The molecule has 36 heavy (non-hydrogen) atoms. The highest BCUT2D eigenvalue weighted by Gasteiger charge is 2.20. The summed E-state index contributed by atoms with van der Waals surface area (Å²) in [4.78, 5) is 23.5. The Hall–Kier alpha value is -4.11. The Kier molecular flexibility index (Phi) is 8.86. The van der Waals surface area contributed by atoms with Crippen molar-refractivity contribution in [3.63, 3.8) is 0 Å². The zero-order chi connectivity index (χ0) is 26.2. The van der Waals surface area contributed by atoms with E-state index in [4.69, 9.17) is 14.2 Å². The van der Waals surface area contributed by atoms with Gasteiger partial charge in [-0.05, 0) is 71.0 Å². The van der Waals surface area contributed by atoms with Gasteiger partial charge in [0.1, 0.15) is 29.7 Å². The van der Waals surface area contributed by atoms with E-state index in [1.165, 1.54) is 38.5 Å². The van der Waals surface area contributed by atoms with E-state index in [9.17, 15) is 20.2 Å². The van der Waals surface area contributed by atoms with Crippen molar-refractivity contribution in [1.82, 2.24) is 0 Å². The summed E-state index contributed by atoms with van der Waals surface area (Å²) < 4.78 is 17.2. The number of carbonyl (C=O) groups excluding carboxylic acids is 1. The van der Waals surface area contributed by atoms with Gasteiger partial charge in [0.25, 0.3) is 11.6 Å². The molecule has 3 aromatic rings. The fraction of sp³-hybridized carbons (Fsp3) is 0.154. The molecule has 0 aliphatic rings. The number of ether oxygens (including phenoxy) is 3. The molecule has 0 unspecified atom stereocenters. The second-order valence-electron chi connectivity index (χ2n) is 7.57. The highest BCUT2D eigenvalue weighted by molar-refractivity contribution is 14.1. The smallest absolute Gasteiger partial charge is 0.296 e. The van der Waals surface area contributed by atoms with E-state index in [1.54, 1.807) is 12.1 Å². The lowest BCUT2D eigenvalue weighted by Crippen LogP contribution is -2.14. The average Bonchev–Trinajstić information content (AvgIpc) is 2.87. The molecule has 0 bridgehead atoms. The second kappa shape index (κ2) is 12.0. The lowest BCUT2D eigenvalue weighted by molar-refractivity contribution is -0.384. The van der Waals surface area contributed by atoms with Crippen molar-refractivity contribution in [2.24, 2.45) is 0 Å². The van der Waals surface area contributed by atoms with E-state index in [2.05, 4.69) is 27.9 Å². The molecule has 0 fully saturated rings. The molecule has 0 atom stereocenters. The normalized spacial score (nSPS) is 10.8. The molecule has 0 saturated carbocycles. The Morgan fingerprint density at radius 3 is 2.47 bits per heavy atom. The van der Waals surface area contributed by atoms with E-state index in [-0.39, 0.29) is 22.7 Å². The van der Waals surface area contributed by atoms with Crippen LogP contribution < -0.4 is 19.5 Å². The van der Waals surface area contributed by atoms with Crippen LogP contribution in [0.3, 0.4) is 0 Å². The third kappa shape index (κ3) is 6.51. The Labute approximate surface area is 221 Å². The van der Waals surface area contributed by atoms with Crippen LogP contribution >= 0.6 is 22.6 Å². The Balaban J connectivity index is 1.84. The summed E-state index contributed by atoms with van der Waals surface area (Å²) in [5, 5.41) is 23.4. The molecule has 9 nitrogen and oxygen atoms in total. The largest absolute Gasteiger partial charge is 0.496 e. The first-order valence-electron chi connectivity index (χ1n) is 10.6. The van der Waals surface area contributed by atoms with Gasteiger partial charge in [0.15, 0.2) is 11.5 Å². The molecule has 0 aliphatic carbocycles. The molecule has 0 aromatic heterocycles. The number of nitrogens with zero attached hydrogens (tertiary/aromatic N) is 2. The van der Waals surface area contributed by atoms with Crippen molar-refractivity contribution >= 4 is 45.9 Å². The Morgan fingerprint density at radius 2 is 1.86 bits per heavy atom. The van der Waals surface area contributed by atoms with Gasteiger partial charge in [-0.2, -0.15) is 5.26 Å². The number of amides is 1. The summed E-state index contributed by atoms with van der Waals surface area (Å²) in [7, 11) is 2.88. The van der Waals surface area contributed by atoms with Crippen LogP contribution in [0.25, 0.3) is 6.08 Å². The Bertz CT molecular complexity index is 1360. The van der Waals surface area contributed by atoms with Crippen LogP contribution in [0.2, 0.25) is 0 Å². The van der Waals surface area contributed by atoms with Crippen molar-refractivity contribution in [2.45, 2.75) is 13.5 Å². The van der Waals surface area contributed by atoms with Gasteiger partial charge in [-0.15, -0.1) is 0 Å². The molecule has 1 N–H and O–H groups in total. The monoisotopic (exact) mass is 599 g/mol. The summed E-state index contributed by atoms with van der Waals surface area (Å²) in [5.41, 5.74) is 2.02. The standard InChI is InChI=1S/C26H22IN3O6/c1-16-4-6-17(7-5-16)15-36-25-21(27)11-18(12-24(25)35-3)10-19(14-28)26(31)29-22-9-8-20(34-2)13-23(22)30(32)33/h4-13H,15H2,1-3H3,(H,29,31)/b19-10+. The number of nitrogens with one attached hydrogen (secondary N) is 1. The first-order chi connectivity index (χ1) is 17.2. The molecule has 1 amide bonds. The number of benzene rings is 3. The minimum Gasteiger partial charge on any atom is -0.496 e. The topological polar surface area (TPSA) is 124 Å². The van der Waals surface area contributed by atoms with Gasteiger partial charge < -0.3 is 19.5 Å². The minimum absolute atomic E-state index is 0.0565. The third-order valence-corrected chi connectivity index (χ3v) is 5.88. The number of aryl methyl sites for hydroxylation is 1. The highest BCUT2D eigenvalue weighted by atomic mass is 127. The maximum absolute atomic E-state index is 12.8. The molecule has 3 aromatic carbocycles. The SMILES string of the molecule is COc1ccc(NC(=O)/C(C#N)=C/c2cc(I)c(OCc3ccc(C)cc3)c(OC)c2)c([N+](=O)[O-])c1. The number of nitriles is 1. The summed E-state index contributed by atoms with van der Waals surface area (Å²) in [6.45, 7) is 2.35. The molecule has 0 saturated heterocycles. The van der Waals surface area contributed by atoms with Gasteiger partial charge in [0, 0.05) is 0 Å². The van der Waals surface area contributed by atoms with Gasteiger partial charge in [0.2, 0.25) is 0 Å². The number of nitro benzene ring substituents is 1. The molecule has 0 aliphatic heterocycles. The third-order valence-electron chi connectivity index (χ3n) is 5.08. The molecular weight excluding hydrogens is 577 g/mol. The van der Waals surface area contributed by atoms with Gasteiger partial charge in [0.05, 0.1) is 28.8 Å². The molecular formula is C26H22IN3O6. The molecule has 0 radical (unpaired) electrons. The lowest BCUT2D eigenvalue weighted by Gasteiger charge is -2.14. The van der Waals surface area contributed by atoms with Crippen molar-refractivity contribution in [1.29, 1.82) is 5.26 Å². The maximum atomic E-state index is 12.8. The Morgan fingerprint density at radius 1 is 1.14 bits per heavy atom. The van der Waals surface area contributed by atoms with E-state index >= 15 is 0 Å². The van der Waals surface area contributed by atoms with E-state index < -0.39 is 10.8 Å².